The Hall–Kier alpha value is -0.300. The van der Waals surface area contributed by atoms with Crippen LogP contribution >= 0.6 is 45.8 Å². The molecular formula is C15H18Cl2IN3. The summed E-state index contributed by atoms with van der Waals surface area (Å²) in [6.07, 6.45) is 1.71. The molecule has 0 saturated heterocycles. The van der Waals surface area contributed by atoms with E-state index < -0.39 is 0 Å². The molecule has 1 heterocycles. The van der Waals surface area contributed by atoms with Gasteiger partial charge in [0.2, 0.25) is 0 Å². The molecule has 2 rings (SSSR count). The van der Waals surface area contributed by atoms with Crippen molar-refractivity contribution in [3.05, 3.63) is 49.3 Å². The molecule has 0 amide bonds. The third-order valence-electron chi connectivity index (χ3n) is 3.23. The highest BCUT2D eigenvalue weighted by atomic mass is 127. The third kappa shape index (κ3) is 3.73. The van der Waals surface area contributed by atoms with Crippen molar-refractivity contribution in [1.82, 2.24) is 15.1 Å². The number of hydrogen-bond acceptors (Lipinski definition) is 2. The molecule has 1 unspecified atom stereocenters. The van der Waals surface area contributed by atoms with Crippen molar-refractivity contribution in [1.29, 1.82) is 0 Å². The Morgan fingerprint density at radius 1 is 1.33 bits per heavy atom. The van der Waals surface area contributed by atoms with Crippen LogP contribution in [0.4, 0.5) is 0 Å². The van der Waals surface area contributed by atoms with Gasteiger partial charge in [-0.2, -0.15) is 5.10 Å². The number of benzene rings is 1. The lowest BCUT2D eigenvalue weighted by Crippen LogP contribution is -2.26. The summed E-state index contributed by atoms with van der Waals surface area (Å²) in [7, 11) is 0. The summed E-state index contributed by atoms with van der Waals surface area (Å²) < 4.78 is 3.11. The Kier molecular flexibility index (Phi) is 5.94. The minimum atomic E-state index is -0.0296. The van der Waals surface area contributed by atoms with Gasteiger partial charge in [-0.25, -0.2) is 0 Å². The molecule has 3 nitrogen and oxygen atoms in total. The second kappa shape index (κ2) is 7.31. The van der Waals surface area contributed by atoms with E-state index >= 15 is 0 Å². The number of halogens is 3. The average molecular weight is 438 g/mol. The van der Waals surface area contributed by atoms with Crippen LogP contribution in [0.5, 0.6) is 0 Å². The van der Waals surface area contributed by atoms with E-state index in [-0.39, 0.29) is 12.1 Å². The summed E-state index contributed by atoms with van der Waals surface area (Å²) in [4.78, 5) is 0. The maximum absolute atomic E-state index is 6.40. The van der Waals surface area contributed by atoms with Crippen molar-refractivity contribution >= 4 is 45.8 Å². The van der Waals surface area contributed by atoms with Crippen molar-refractivity contribution in [2.24, 2.45) is 0 Å². The SMILES string of the molecule is CCNC(c1cc(Cl)ccc1I)c1c(Cl)cnn1C(C)C. The van der Waals surface area contributed by atoms with Crippen LogP contribution < -0.4 is 5.32 Å². The van der Waals surface area contributed by atoms with Gasteiger partial charge in [-0.15, -0.1) is 0 Å². The van der Waals surface area contributed by atoms with E-state index in [0.717, 1.165) is 26.4 Å². The smallest absolute Gasteiger partial charge is 0.0837 e. The molecule has 0 radical (unpaired) electrons. The molecule has 0 saturated carbocycles. The van der Waals surface area contributed by atoms with Crippen LogP contribution in [0.1, 0.15) is 44.1 Å². The van der Waals surface area contributed by atoms with Crippen LogP contribution in [0.2, 0.25) is 10.0 Å². The third-order valence-corrected chi connectivity index (χ3v) is 4.74. The summed E-state index contributed by atoms with van der Waals surface area (Å²) in [5, 5.41) is 9.30. The van der Waals surface area contributed by atoms with Crippen molar-refractivity contribution in [3.8, 4) is 0 Å². The molecular weight excluding hydrogens is 420 g/mol. The van der Waals surface area contributed by atoms with Gasteiger partial charge in [0.05, 0.1) is 23.0 Å². The van der Waals surface area contributed by atoms with E-state index in [0.29, 0.717) is 5.02 Å². The quantitative estimate of drug-likeness (QED) is 0.661. The summed E-state index contributed by atoms with van der Waals surface area (Å²) in [5.41, 5.74) is 2.10. The topological polar surface area (TPSA) is 29.9 Å². The van der Waals surface area contributed by atoms with Crippen LogP contribution in [0.3, 0.4) is 0 Å². The second-order valence-corrected chi connectivity index (χ2v) is 7.08. The van der Waals surface area contributed by atoms with Gasteiger partial charge >= 0.3 is 0 Å². The first-order valence-corrected chi connectivity index (χ1v) is 8.70. The molecule has 0 aliphatic heterocycles. The Bertz CT molecular complexity index is 625. The van der Waals surface area contributed by atoms with Gasteiger partial charge in [-0.05, 0) is 66.7 Å². The molecule has 0 aliphatic carbocycles. The molecule has 1 aromatic carbocycles. The van der Waals surface area contributed by atoms with E-state index in [1.54, 1.807) is 6.20 Å². The van der Waals surface area contributed by atoms with Gasteiger partial charge < -0.3 is 5.32 Å². The van der Waals surface area contributed by atoms with Crippen molar-refractivity contribution in [2.75, 3.05) is 6.54 Å². The van der Waals surface area contributed by atoms with E-state index in [4.69, 9.17) is 23.2 Å². The van der Waals surface area contributed by atoms with Crippen LogP contribution in [0.15, 0.2) is 24.4 Å². The van der Waals surface area contributed by atoms with Gasteiger partial charge in [0.1, 0.15) is 0 Å². The normalized spacial score (nSPS) is 12.9. The summed E-state index contributed by atoms with van der Waals surface area (Å²) >= 11 is 14.9. The second-order valence-electron chi connectivity index (χ2n) is 5.07. The maximum Gasteiger partial charge on any atom is 0.0837 e. The first-order chi connectivity index (χ1) is 9.95. The van der Waals surface area contributed by atoms with Crippen LogP contribution in [-0.2, 0) is 0 Å². The van der Waals surface area contributed by atoms with Crippen LogP contribution in [-0.4, -0.2) is 16.3 Å². The lowest BCUT2D eigenvalue weighted by atomic mass is 10.0. The van der Waals surface area contributed by atoms with Gasteiger partial charge in [0.15, 0.2) is 0 Å². The molecule has 1 aromatic heterocycles. The summed E-state index contributed by atoms with van der Waals surface area (Å²) in [5.74, 6) is 0. The highest BCUT2D eigenvalue weighted by Gasteiger charge is 2.24. The average Bonchev–Trinajstić information content (AvgIpc) is 2.81. The predicted molar refractivity (Wildman–Crippen MR) is 97.3 cm³/mol. The van der Waals surface area contributed by atoms with Crippen LogP contribution in [0.25, 0.3) is 0 Å². The number of nitrogens with zero attached hydrogens (tertiary/aromatic N) is 2. The summed E-state index contributed by atoms with van der Waals surface area (Å²) in [6, 6.07) is 6.12. The standard InChI is InChI=1S/C15H18Cl2IN3/c1-4-19-14(11-7-10(16)5-6-13(11)18)15-12(17)8-20-21(15)9(2)3/h5-9,14,19H,4H2,1-3H3. The van der Waals surface area contributed by atoms with Crippen molar-refractivity contribution in [3.63, 3.8) is 0 Å². The van der Waals surface area contributed by atoms with Gasteiger partial charge in [-0.1, -0.05) is 30.1 Å². The van der Waals surface area contributed by atoms with Crippen LogP contribution in [0, 0.1) is 3.57 Å². The molecule has 6 heteroatoms. The number of hydrogen-bond donors (Lipinski definition) is 1. The number of nitrogens with one attached hydrogen (secondary N) is 1. The van der Waals surface area contributed by atoms with Gasteiger partial charge in [0, 0.05) is 14.6 Å². The molecule has 1 N–H and O–H groups in total. The van der Waals surface area contributed by atoms with Crippen molar-refractivity contribution < 1.29 is 0 Å². The molecule has 0 bridgehead atoms. The minimum absolute atomic E-state index is 0.0296. The lowest BCUT2D eigenvalue weighted by Gasteiger charge is -2.23. The maximum atomic E-state index is 6.40. The minimum Gasteiger partial charge on any atom is -0.305 e. The molecule has 2 aromatic rings. The highest BCUT2D eigenvalue weighted by Crippen LogP contribution is 2.33. The lowest BCUT2D eigenvalue weighted by molar-refractivity contribution is 0.476. The zero-order valence-corrected chi connectivity index (χ0v) is 15.9. The monoisotopic (exact) mass is 437 g/mol. The van der Waals surface area contributed by atoms with E-state index in [9.17, 15) is 0 Å². The fourth-order valence-electron chi connectivity index (χ4n) is 2.33. The molecule has 0 fully saturated rings. The predicted octanol–water partition coefficient (Wildman–Crippen LogP) is 5.07. The van der Waals surface area contributed by atoms with E-state index in [1.165, 1.54) is 0 Å². The van der Waals surface area contributed by atoms with Gasteiger partial charge in [-0.3, -0.25) is 4.68 Å². The first-order valence-electron chi connectivity index (χ1n) is 6.87. The Morgan fingerprint density at radius 2 is 2.05 bits per heavy atom. The number of aromatic nitrogens is 2. The summed E-state index contributed by atoms with van der Waals surface area (Å²) in [6.45, 7) is 7.10. The zero-order valence-electron chi connectivity index (χ0n) is 12.2. The Morgan fingerprint density at radius 3 is 2.67 bits per heavy atom. The van der Waals surface area contributed by atoms with E-state index in [1.807, 2.05) is 22.9 Å². The molecule has 0 spiro atoms. The molecule has 0 aliphatic rings. The van der Waals surface area contributed by atoms with E-state index in [2.05, 4.69) is 53.8 Å². The first kappa shape index (κ1) is 17.1. The number of rotatable bonds is 5. The molecule has 114 valence electrons. The molecule has 1 atom stereocenters. The van der Waals surface area contributed by atoms with Gasteiger partial charge in [0.25, 0.3) is 0 Å². The fourth-order valence-corrected chi connectivity index (χ4v) is 3.39. The highest BCUT2D eigenvalue weighted by molar-refractivity contribution is 14.1. The Labute approximate surface area is 149 Å². The largest absolute Gasteiger partial charge is 0.305 e. The van der Waals surface area contributed by atoms with Crippen molar-refractivity contribution in [2.45, 2.75) is 32.9 Å². The zero-order chi connectivity index (χ0) is 15.6. The Balaban J connectivity index is 2.59. The fraction of sp³-hybridized carbons (Fsp3) is 0.400. The molecule has 21 heavy (non-hydrogen) atoms.